The summed E-state index contributed by atoms with van der Waals surface area (Å²) in [7, 11) is 0. The molecular formula is C10H16OS3. The highest BCUT2D eigenvalue weighted by molar-refractivity contribution is 8.19. The first-order chi connectivity index (χ1) is 6.59. The molecule has 1 aliphatic heterocycles. The van der Waals surface area contributed by atoms with Crippen molar-refractivity contribution in [2.24, 2.45) is 0 Å². The largest absolute Gasteiger partial charge is 0.282 e. The summed E-state index contributed by atoms with van der Waals surface area (Å²) in [5, 5.41) is 2.54. The summed E-state index contributed by atoms with van der Waals surface area (Å²) in [5.41, 5.74) is 0.662. The van der Waals surface area contributed by atoms with Crippen LogP contribution in [0, 0.1) is 0 Å². The Kier molecular flexibility index (Phi) is 5.49. The van der Waals surface area contributed by atoms with Gasteiger partial charge in [-0.2, -0.15) is 0 Å². The van der Waals surface area contributed by atoms with Crippen LogP contribution in [0.25, 0.3) is 0 Å². The Bertz CT molecular complexity index is 221. The maximum atomic E-state index is 11.4. The summed E-state index contributed by atoms with van der Waals surface area (Å²) in [5.74, 6) is 1.25. The summed E-state index contributed by atoms with van der Waals surface area (Å²) >= 11 is 5.46. The van der Waals surface area contributed by atoms with Gasteiger partial charge < -0.3 is 0 Å². The Balaban J connectivity index is 2.24. The highest BCUT2D eigenvalue weighted by Gasteiger charge is 2.20. The Morgan fingerprint density at radius 2 is 2.43 bits per heavy atom. The first-order valence-electron chi connectivity index (χ1n) is 4.65. The summed E-state index contributed by atoms with van der Waals surface area (Å²) in [4.78, 5) is 11.4. The van der Waals surface area contributed by atoms with Gasteiger partial charge in [0.1, 0.15) is 0 Å². The van der Waals surface area contributed by atoms with Crippen LogP contribution in [0.4, 0.5) is 0 Å². The van der Waals surface area contributed by atoms with Crippen molar-refractivity contribution in [3.8, 4) is 0 Å². The van der Waals surface area contributed by atoms with E-state index in [-0.39, 0.29) is 5.12 Å². The lowest BCUT2D eigenvalue weighted by molar-refractivity contribution is -0.107. The molecule has 80 valence electrons. The van der Waals surface area contributed by atoms with Gasteiger partial charge in [-0.15, -0.1) is 23.5 Å². The molecule has 0 aromatic heterocycles. The van der Waals surface area contributed by atoms with Gasteiger partial charge in [-0.3, -0.25) is 4.79 Å². The third kappa shape index (κ3) is 4.32. The SMILES string of the molecule is C=C(C)C(=O)SC(C)CC1CSCS1. The van der Waals surface area contributed by atoms with Crippen molar-refractivity contribution >= 4 is 40.4 Å². The molecular weight excluding hydrogens is 232 g/mol. The Labute approximate surface area is 98.9 Å². The second-order valence-corrected chi connectivity index (χ2v) is 7.60. The summed E-state index contributed by atoms with van der Waals surface area (Å²) < 4.78 is 0. The molecule has 0 N–H and O–H groups in total. The molecule has 0 aliphatic carbocycles. The highest BCUT2D eigenvalue weighted by Crippen LogP contribution is 2.34. The van der Waals surface area contributed by atoms with Gasteiger partial charge in [-0.1, -0.05) is 25.3 Å². The Hall–Kier alpha value is 0.460. The van der Waals surface area contributed by atoms with Crippen molar-refractivity contribution in [2.45, 2.75) is 30.8 Å². The molecule has 1 nitrogen and oxygen atoms in total. The molecule has 14 heavy (non-hydrogen) atoms. The standard InChI is InChI=1S/C10H16OS3/c1-7(2)10(11)14-8(3)4-9-5-12-6-13-9/h8-9H,1,4-6H2,2-3H3. The van der Waals surface area contributed by atoms with Crippen LogP contribution < -0.4 is 0 Å². The predicted octanol–water partition coefficient (Wildman–Crippen LogP) is 3.41. The molecule has 0 radical (unpaired) electrons. The molecule has 1 saturated heterocycles. The van der Waals surface area contributed by atoms with Gasteiger partial charge in [0.2, 0.25) is 5.12 Å². The van der Waals surface area contributed by atoms with E-state index in [9.17, 15) is 4.79 Å². The zero-order valence-electron chi connectivity index (χ0n) is 8.62. The molecule has 0 spiro atoms. The monoisotopic (exact) mass is 248 g/mol. The summed E-state index contributed by atoms with van der Waals surface area (Å²) in [6.07, 6.45) is 1.14. The number of hydrogen-bond acceptors (Lipinski definition) is 4. The van der Waals surface area contributed by atoms with Crippen LogP contribution in [0.5, 0.6) is 0 Å². The van der Waals surface area contributed by atoms with Gasteiger partial charge in [-0.25, -0.2) is 0 Å². The minimum Gasteiger partial charge on any atom is -0.282 e. The third-order valence-electron chi connectivity index (χ3n) is 1.94. The zero-order valence-corrected chi connectivity index (χ0v) is 11.1. The van der Waals surface area contributed by atoms with Crippen molar-refractivity contribution in [3.63, 3.8) is 0 Å². The fourth-order valence-corrected chi connectivity index (χ4v) is 5.26. The van der Waals surface area contributed by atoms with Gasteiger partial charge in [0.05, 0.1) is 0 Å². The molecule has 1 heterocycles. The lowest BCUT2D eigenvalue weighted by Gasteiger charge is -2.13. The summed E-state index contributed by atoms with van der Waals surface area (Å²) in [6, 6.07) is 0. The van der Waals surface area contributed by atoms with E-state index >= 15 is 0 Å². The molecule has 4 heteroatoms. The molecule has 1 rings (SSSR count). The lowest BCUT2D eigenvalue weighted by Crippen LogP contribution is -2.11. The molecule has 0 aromatic carbocycles. The number of rotatable bonds is 4. The van der Waals surface area contributed by atoms with Crippen LogP contribution in [-0.4, -0.2) is 26.5 Å². The molecule has 2 unspecified atom stereocenters. The number of thioether (sulfide) groups is 3. The average Bonchev–Trinajstić information content (AvgIpc) is 2.56. The van der Waals surface area contributed by atoms with E-state index < -0.39 is 0 Å². The number of hydrogen-bond donors (Lipinski definition) is 0. The molecule has 0 bridgehead atoms. The third-order valence-corrected chi connectivity index (χ3v) is 5.99. The van der Waals surface area contributed by atoms with Gasteiger partial charge in [0.15, 0.2) is 0 Å². The lowest BCUT2D eigenvalue weighted by atomic mass is 10.3. The Morgan fingerprint density at radius 1 is 1.71 bits per heavy atom. The second-order valence-electron chi connectivity index (χ2n) is 3.51. The van der Waals surface area contributed by atoms with Crippen LogP contribution in [0.2, 0.25) is 0 Å². The minimum absolute atomic E-state index is 0.146. The van der Waals surface area contributed by atoms with Crippen molar-refractivity contribution in [1.29, 1.82) is 0 Å². The van der Waals surface area contributed by atoms with E-state index in [2.05, 4.69) is 13.5 Å². The quantitative estimate of drug-likeness (QED) is 0.709. The number of carbonyl (C=O) groups is 1. The molecule has 0 saturated carbocycles. The fraction of sp³-hybridized carbons (Fsp3) is 0.700. The fourth-order valence-electron chi connectivity index (χ4n) is 1.21. The molecule has 1 aliphatic rings. The van der Waals surface area contributed by atoms with Crippen LogP contribution >= 0.6 is 35.3 Å². The maximum absolute atomic E-state index is 11.4. The van der Waals surface area contributed by atoms with Gasteiger partial charge in [-0.05, 0) is 18.9 Å². The molecule has 0 amide bonds. The summed E-state index contributed by atoms with van der Waals surface area (Å²) in [6.45, 7) is 7.57. The van der Waals surface area contributed by atoms with Crippen molar-refractivity contribution < 1.29 is 4.79 Å². The maximum Gasteiger partial charge on any atom is 0.214 e. The van der Waals surface area contributed by atoms with Crippen molar-refractivity contribution in [2.75, 3.05) is 10.8 Å². The van der Waals surface area contributed by atoms with Crippen LogP contribution in [-0.2, 0) is 4.79 Å². The molecule has 1 fully saturated rings. The first kappa shape index (κ1) is 12.5. The van der Waals surface area contributed by atoms with E-state index in [1.807, 2.05) is 23.5 Å². The highest BCUT2D eigenvalue weighted by atomic mass is 32.2. The normalized spacial score (nSPS) is 23.4. The van der Waals surface area contributed by atoms with E-state index in [1.165, 1.54) is 22.6 Å². The van der Waals surface area contributed by atoms with Gasteiger partial charge >= 0.3 is 0 Å². The minimum atomic E-state index is 0.146. The number of carbonyl (C=O) groups excluding carboxylic acids is 1. The van der Waals surface area contributed by atoms with Crippen molar-refractivity contribution in [1.82, 2.24) is 0 Å². The molecule has 0 aromatic rings. The average molecular weight is 248 g/mol. The van der Waals surface area contributed by atoms with Crippen LogP contribution in [0.15, 0.2) is 12.2 Å². The van der Waals surface area contributed by atoms with E-state index in [1.54, 1.807) is 6.92 Å². The van der Waals surface area contributed by atoms with Crippen LogP contribution in [0.1, 0.15) is 20.3 Å². The van der Waals surface area contributed by atoms with Gasteiger partial charge in [0.25, 0.3) is 0 Å². The van der Waals surface area contributed by atoms with E-state index in [0.717, 1.165) is 11.7 Å². The van der Waals surface area contributed by atoms with Crippen molar-refractivity contribution in [3.05, 3.63) is 12.2 Å². The second kappa shape index (κ2) is 6.13. The predicted molar refractivity (Wildman–Crippen MR) is 70.2 cm³/mol. The Morgan fingerprint density at radius 3 is 2.93 bits per heavy atom. The smallest absolute Gasteiger partial charge is 0.214 e. The van der Waals surface area contributed by atoms with Gasteiger partial charge in [0, 0.05) is 21.3 Å². The van der Waals surface area contributed by atoms with E-state index in [4.69, 9.17) is 0 Å². The topological polar surface area (TPSA) is 17.1 Å². The van der Waals surface area contributed by atoms with Crippen LogP contribution in [0.3, 0.4) is 0 Å². The molecule has 2 atom stereocenters. The first-order valence-corrected chi connectivity index (χ1v) is 7.73. The zero-order chi connectivity index (χ0) is 10.6. The van der Waals surface area contributed by atoms with E-state index in [0.29, 0.717) is 10.8 Å².